The van der Waals surface area contributed by atoms with Gasteiger partial charge in [-0.3, -0.25) is 4.79 Å². The Morgan fingerprint density at radius 3 is 2.52 bits per heavy atom. The van der Waals surface area contributed by atoms with Crippen molar-refractivity contribution in [2.45, 2.75) is 32.9 Å². The van der Waals surface area contributed by atoms with Gasteiger partial charge in [0.05, 0.1) is 7.11 Å². The lowest BCUT2D eigenvalue weighted by atomic mass is 10.0. The summed E-state index contributed by atoms with van der Waals surface area (Å²) in [5.41, 5.74) is 0.965. The summed E-state index contributed by atoms with van der Waals surface area (Å²) in [5.74, 6) is 0.626. The monoisotopic (exact) mass is 291 g/mol. The lowest BCUT2D eigenvalue weighted by Gasteiger charge is -2.35. The van der Waals surface area contributed by atoms with Crippen LogP contribution in [0, 0.1) is 5.92 Å². The van der Waals surface area contributed by atoms with E-state index in [9.17, 15) is 9.59 Å². The molecule has 5 heteroatoms. The Morgan fingerprint density at radius 2 is 1.95 bits per heavy atom. The van der Waals surface area contributed by atoms with E-state index < -0.39 is 6.04 Å². The number of rotatable bonds is 5. The van der Waals surface area contributed by atoms with Crippen LogP contribution in [-0.2, 0) is 20.9 Å². The van der Waals surface area contributed by atoms with Crippen LogP contribution in [0.4, 0.5) is 0 Å². The van der Waals surface area contributed by atoms with Crippen LogP contribution in [0.15, 0.2) is 24.3 Å². The van der Waals surface area contributed by atoms with Gasteiger partial charge in [-0.2, -0.15) is 0 Å². The number of carbonyl (C=O) groups excluding carboxylic acids is 2. The SMILES string of the molecule is COc1ccc(CN2C(=O)COC(=O)C2CC(C)C)cc1. The summed E-state index contributed by atoms with van der Waals surface area (Å²) < 4.78 is 10.1. The number of cyclic esters (lactones) is 1. The van der Waals surface area contributed by atoms with Crippen LogP contribution in [0.1, 0.15) is 25.8 Å². The summed E-state index contributed by atoms with van der Waals surface area (Å²) in [7, 11) is 1.61. The van der Waals surface area contributed by atoms with E-state index in [1.54, 1.807) is 12.0 Å². The van der Waals surface area contributed by atoms with Crippen molar-refractivity contribution in [2.24, 2.45) is 5.92 Å². The van der Waals surface area contributed by atoms with Crippen molar-refractivity contribution in [3.8, 4) is 5.75 Å². The molecule has 2 rings (SSSR count). The molecule has 1 fully saturated rings. The number of nitrogens with zero attached hydrogens (tertiary/aromatic N) is 1. The highest BCUT2D eigenvalue weighted by Gasteiger charge is 2.36. The summed E-state index contributed by atoms with van der Waals surface area (Å²) in [4.78, 5) is 25.6. The van der Waals surface area contributed by atoms with Crippen LogP contribution in [0.2, 0.25) is 0 Å². The third-order valence-corrected chi connectivity index (χ3v) is 3.51. The zero-order chi connectivity index (χ0) is 15.4. The van der Waals surface area contributed by atoms with Gasteiger partial charge in [-0.15, -0.1) is 0 Å². The van der Waals surface area contributed by atoms with E-state index in [1.807, 2.05) is 38.1 Å². The molecule has 0 spiro atoms. The lowest BCUT2D eigenvalue weighted by molar-refractivity contribution is -0.170. The maximum absolute atomic E-state index is 12.1. The Kier molecular flexibility index (Phi) is 4.83. The third-order valence-electron chi connectivity index (χ3n) is 3.51. The quantitative estimate of drug-likeness (QED) is 0.779. The second-order valence-corrected chi connectivity index (χ2v) is 5.62. The van der Waals surface area contributed by atoms with Crippen LogP contribution in [-0.4, -0.2) is 36.5 Å². The minimum Gasteiger partial charge on any atom is -0.497 e. The number of hydrogen-bond acceptors (Lipinski definition) is 4. The Morgan fingerprint density at radius 1 is 1.29 bits per heavy atom. The van der Waals surface area contributed by atoms with Gasteiger partial charge >= 0.3 is 5.97 Å². The van der Waals surface area contributed by atoms with Gasteiger partial charge in [-0.05, 0) is 30.0 Å². The van der Waals surface area contributed by atoms with Crippen molar-refractivity contribution in [3.05, 3.63) is 29.8 Å². The van der Waals surface area contributed by atoms with E-state index in [0.29, 0.717) is 18.9 Å². The number of methoxy groups -OCH3 is 1. The van der Waals surface area contributed by atoms with Crippen LogP contribution in [0.5, 0.6) is 5.75 Å². The van der Waals surface area contributed by atoms with Crippen LogP contribution >= 0.6 is 0 Å². The van der Waals surface area contributed by atoms with Crippen LogP contribution < -0.4 is 4.74 Å². The second-order valence-electron chi connectivity index (χ2n) is 5.62. The predicted octanol–water partition coefficient (Wildman–Crippen LogP) is 2.00. The molecule has 1 aromatic carbocycles. The molecule has 0 aromatic heterocycles. The first-order valence-electron chi connectivity index (χ1n) is 7.10. The number of morpholine rings is 1. The van der Waals surface area contributed by atoms with Crippen molar-refractivity contribution >= 4 is 11.9 Å². The van der Waals surface area contributed by atoms with E-state index in [2.05, 4.69) is 0 Å². The zero-order valence-corrected chi connectivity index (χ0v) is 12.7. The Hall–Kier alpha value is -2.04. The van der Waals surface area contributed by atoms with Crippen molar-refractivity contribution < 1.29 is 19.1 Å². The van der Waals surface area contributed by atoms with Crippen molar-refractivity contribution in [1.82, 2.24) is 4.90 Å². The number of carbonyl (C=O) groups is 2. The molecule has 1 aliphatic rings. The minimum absolute atomic E-state index is 0.143. The molecular formula is C16H21NO4. The predicted molar refractivity (Wildman–Crippen MR) is 77.7 cm³/mol. The van der Waals surface area contributed by atoms with Gasteiger partial charge in [0, 0.05) is 6.54 Å². The number of amides is 1. The Balaban J connectivity index is 2.15. The highest BCUT2D eigenvalue weighted by molar-refractivity contribution is 5.90. The van der Waals surface area contributed by atoms with Gasteiger partial charge in [0.25, 0.3) is 5.91 Å². The standard InChI is InChI=1S/C16H21NO4/c1-11(2)8-14-16(19)21-10-15(18)17(14)9-12-4-6-13(20-3)7-5-12/h4-7,11,14H,8-10H2,1-3H3. The van der Waals surface area contributed by atoms with Gasteiger partial charge in [-0.25, -0.2) is 4.79 Å². The first kappa shape index (κ1) is 15.4. The molecule has 0 aliphatic carbocycles. The van der Waals surface area contributed by atoms with Crippen LogP contribution in [0.3, 0.4) is 0 Å². The molecule has 1 aliphatic heterocycles. The molecule has 0 saturated carbocycles. The number of ether oxygens (including phenoxy) is 2. The van der Waals surface area contributed by atoms with E-state index in [-0.39, 0.29) is 18.5 Å². The van der Waals surface area contributed by atoms with Gasteiger partial charge in [0.15, 0.2) is 6.61 Å². The van der Waals surface area contributed by atoms with E-state index >= 15 is 0 Å². The molecule has 1 saturated heterocycles. The summed E-state index contributed by atoms with van der Waals surface area (Å²) in [5, 5.41) is 0. The molecule has 0 N–H and O–H groups in total. The molecular weight excluding hydrogens is 270 g/mol. The lowest BCUT2D eigenvalue weighted by Crippen LogP contribution is -2.52. The molecule has 1 atom stereocenters. The normalized spacial score (nSPS) is 18.9. The maximum atomic E-state index is 12.1. The fraction of sp³-hybridized carbons (Fsp3) is 0.500. The van der Waals surface area contributed by atoms with E-state index in [1.165, 1.54) is 0 Å². The van der Waals surface area contributed by atoms with Crippen LogP contribution in [0.25, 0.3) is 0 Å². The zero-order valence-electron chi connectivity index (χ0n) is 12.7. The molecule has 0 radical (unpaired) electrons. The molecule has 1 amide bonds. The van der Waals surface area contributed by atoms with Gasteiger partial charge in [0.1, 0.15) is 11.8 Å². The number of benzene rings is 1. The van der Waals surface area contributed by atoms with Crippen molar-refractivity contribution in [2.75, 3.05) is 13.7 Å². The Labute approximate surface area is 124 Å². The number of esters is 1. The Bertz CT molecular complexity index is 510. The molecule has 1 aromatic rings. The first-order chi connectivity index (χ1) is 10.0. The van der Waals surface area contributed by atoms with Gasteiger partial charge in [0.2, 0.25) is 0 Å². The van der Waals surface area contributed by atoms with Gasteiger partial charge in [-0.1, -0.05) is 26.0 Å². The van der Waals surface area contributed by atoms with Crippen molar-refractivity contribution in [3.63, 3.8) is 0 Å². The summed E-state index contributed by atoms with van der Waals surface area (Å²) in [6, 6.07) is 7.00. The second kappa shape index (κ2) is 6.61. The highest BCUT2D eigenvalue weighted by Crippen LogP contribution is 2.21. The van der Waals surface area contributed by atoms with E-state index in [4.69, 9.17) is 9.47 Å². The fourth-order valence-electron chi connectivity index (χ4n) is 2.41. The first-order valence-corrected chi connectivity index (χ1v) is 7.10. The number of hydrogen-bond donors (Lipinski definition) is 0. The minimum atomic E-state index is -0.492. The molecule has 0 bridgehead atoms. The molecule has 5 nitrogen and oxygen atoms in total. The average Bonchev–Trinajstić information content (AvgIpc) is 2.47. The summed E-state index contributed by atoms with van der Waals surface area (Å²) >= 11 is 0. The molecule has 114 valence electrons. The molecule has 21 heavy (non-hydrogen) atoms. The highest BCUT2D eigenvalue weighted by atomic mass is 16.5. The van der Waals surface area contributed by atoms with Crippen molar-refractivity contribution in [1.29, 1.82) is 0 Å². The summed E-state index contributed by atoms with van der Waals surface area (Å²) in [6.45, 7) is 4.30. The fourth-order valence-corrected chi connectivity index (χ4v) is 2.41. The average molecular weight is 291 g/mol. The largest absolute Gasteiger partial charge is 0.497 e. The smallest absolute Gasteiger partial charge is 0.329 e. The molecule has 1 unspecified atom stereocenters. The molecule has 1 heterocycles. The summed E-state index contributed by atoms with van der Waals surface area (Å²) in [6.07, 6.45) is 0.612. The maximum Gasteiger partial charge on any atom is 0.329 e. The topological polar surface area (TPSA) is 55.8 Å². The van der Waals surface area contributed by atoms with E-state index in [0.717, 1.165) is 11.3 Å². The van der Waals surface area contributed by atoms with Gasteiger partial charge < -0.3 is 14.4 Å². The third kappa shape index (κ3) is 3.74.